The zero-order valence-electron chi connectivity index (χ0n) is 12.5. The molecular weight excluding hydrogens is 378 g/mol. The topological polar surface area (TPSA) is 70.3 Å². The molecule has 3 rings (SSSR count). The molecule has 0 amide bonds. The second-order valence-electron chi connectivity index (χ2n) is 4.70. The molecule has 0 atom stereocenters. The highest BCUT2D eigenvalue weighted by molar-refractivity contribution is 9.10. The number of methoxy groups -OCH3 is 2. The first kappa shape index (κ1) is 15.8. The van der Waals surface area contributed by atoms with Gasteiger partial charge in [0.05, 0.1) is 24.4 Å². The van der Waals surface area contributed by atoms with Gasteiger partial charge in [0.1, 0.15) is 28.1 Å². The monoisotopic (exact) mass is 391 g/mol. The molecule has 0 saturated carbocycles. The second-order valence-corrected chi connectivity index (χ2v) is 6.37. The molecule has 0 aliphatic heterocycles. The highest BCUT2D eigenvalue weighted by atomic mass is 79.9. The van der Waals surface area contributed by atoms with Gasteiger partial charge in [0.15, 0.2) is 0 Å². The highest BCUT2D eigenvalue weighted by Crippen LogP contribution is 2.36. The molecule has 7 heteroatoms. The predicted octanol–water partition coefficient (Wildman–Crippen LogP) is 4.22. The van der Waals surface area contributed by atoms with Crippen LogP contribution < -0.4 is 15.2 Å². The Hall–Kier alpha value is -2.12. The summed E-state index contributed by atoms with van der Waals surface area (Å²) in [7, 11) is 3.25. The van der Waals surface area contributed by atoms with Gasteiger partial charge in [0.25, 0.3) is 0 Å². The van der Waals surface area contributed by atoms with E-state index in [1.165, 1.54) is 17.7 Å². The summed E-state index contributed by atoms with van der Waals surface area (Å²) in [6.45, 7) is 0. The Labute approximate surface area is 145 Å². The van der Waals surface area contributed by atoms with Gasteiger partial charge in [-0.15, -0.1) is 11.3 Å². The number of hydrogen-bond acceptors (Lipinski definition) is 6. The number of hydrogen-bond donors (Lipinski definition) is 1. The van der Waals surface area contributed by atoms with E-state index >= 15 is 0 Å². The molecule has 5 nitrogen and oxygen atoms in total. The molecule has 23 heavy (non-hydrogen) atoms. The molecule has 0 aliphatic carbocycles. The van der Waals surface area contributed by atoms with Crippen molar-refractivity contribution in [2.75, 3.05) is 20.0 Å². The van der Waals surface area contributed by atoms with Crippen molar-refractivity contribution >= 4 is 55.5 Å². The minimum atomic E-state index is 0.506. The van der Waals surface area contributed by atoms with Crippen LogP contribution in [0.3, 0.4) is 0 Å². The van der Waals surface area contributed by atoms with E-state index in [2.05, 4.69) is 25.9 Å². The maximum absolute atomic E-state index is 5.87. The van der Waals surface area contributed by atoms with Crippen LogP contribution in [0.25, 0.3) is 22.4 Å². The molecule has 2 heterocycles. The van der Waals surface area contributed by atoms with E-state index < -0.39 is 0 Å². The smallest absolute Gasteiger partial charge is 0.144 e. The Morgan fingerprint density at radius 3 is 2.48 bits per heavy atom. The van der Waals surface area contributed by atoms with E-state index in [1.54, 1.807) is 14.2 Å². The van der Waals surface area contributed by atoms with Crippen LogP contribution in [0.15, 0.2) is 28.3 Å². The van der Waals surface area contributed by atoms with Gasteiger partial charge in [-0.05, 0) is 33.6 Å². The number of nitrogen functional groups attached to an aromatic ring is 1. The van der Waals surface area contributed by atoms with Crippen LogP contribution in [-0.2, 0) is 0 Å². The number of fused-ring (bicyclic) bond motifs is 1. The Kier molecular flexibility index (Phi) is 4.49. The third kappa shape index (κ3) is 3.02. The van der Waals surface area contributed by atoms with Gasteiger partial charge in [-0.2, -0.15) is 0 Å². The molecule has 1 aromatic carbocycles. The molecule has 0 unspecified atom stereocenters. The number of anilines is 1. The van der Waals surface area contributed by atoms with Gasteiger partial charge in [0, 0.05) is 10.9 Å². The number of nitrogens with zero attached hydrogens (tertiary/aromatic N) is 2. The quantitative estimate of drug-likeness (QED) is 0.720. The maximum atomic E-state index is 5.87. The van der Waals surface area contributed by atoms with E-state index in [9.17, 15) is 0 Å². The van der Waals surface area contributed by atoms with E-state index in [0.29, 0.717) is 17.3 Å². The zero-order chi connectivity index (χ0) is 16.4. The van der Waals surface area contributed by atoms with Gasteiger partial charge in [-0.25, -0.2) is 9.97 Å². The molecule has 0 aliphatic rings. The van der Waals surface area contributed by atoms with Gasteiger partial charge < -0.3 is 15.2 Å². The normalized spacial score (nSPS) is 11.3. The lowest BCUT2D eigenvalue weighted by atomic mass is 10.1. The average molecular weight is 392 g/mol. The summed E-state index contributed by atoms with van der Waals surface area (Å²) in [5.41, 5.74) is 8.68. The first-order chi connectivity index (χ1) is 11.1. The number of halogens is 1. The van der Waals surface area contributed by atoms with Crippen LogP contribution in [0.4, 0.5) is 5.82 Å². The predicted molar refractivity (Wildman–Crippen MR) is 98.0 cm³/mol. The third-order valence-electron chi connectivity index (χ3n) is 3.33. The molecule has 118 valence electrons. The SMILES string of the molecule is COc1cc(C=Cc2csc3c(N)ncnc23)cc(OC)c1Br. The number of rotatable bonds is 4. The highest BCUT2D eigenvalue weighted by Gasteiger charge is 2.09. The Morgan fingerprint density at radius 1 is 1.13 bits per heavy atom. The van der Waals surface area contributed by atoms with Gasteiger partial charge in [-0.3, -0.25) is 0 Å². The van der Waals surface area contributed by atoms with Crippen molar-refractivity contribution < 1.29 is 9.47 Å². The van der Waals surface area contributed by atoms with Crippen molar-refractivity contribution in [1.29, 1.82) is 0 Å². The lowest BCUT2D eigenvalue weighted by molar-refractivity contribution is 0.389. The number of nitrogens with two attached hydrogens (primary N) is 1. The lowest BCUT2D eigenvalue weighted by Crippen LogP contribution is -1.91. The van der Waals surface area contributed by atoms with Crippen molar-refractivity contribution in [1.82, 2.24) is 9.97 Å². The first-order valence-electron chi connectivity index (χ1n) is 6.71. The zero-order valence-corrected chi connectivity index (χ0v) is 14.9. The molecular formula is C16H14BrN3O2S. The summed E-state index contributed by atoms with van der Waals surface area (Å²) in [5, 5.41) is 2.01. The molecule has 0 bridgehead atoms. The number of aromatic nitrogens is 2. The number of thiophene rings is 1. The van der Waals surface area contributed by atoms with Crippen LogP contribution >= 0.6 is 27.3 Å². The van der Waals surface area contributed by atoms with Gasteiger partial charge >= 0.3 is 0 Å². The summed E-state index contributed by atoms with van der Waals surface area (Å²) in [6.07, 6.45) is 5.46. The molecule has 0 spiro atoms. The Balaban J connectivity index is 2.00. The van der Waals surface area contributed by atoms with Crippen molar-refractivity contribution in [2.24, 2.45) is 0 Å². The van der Waals surface area contributed by atoms with Crippen LogP contribution in [-0.4, -0.2) is 24.2 Å². The summed E-state index contributed by atoms with van der Waals surface area (Å²) < 4.78 is 12.4. The molecule has 0 radical (unpaired) electrons. The minimum absolute atomic E-state index is 0.506. The Morgan fingerprint density at radius 2 is 1.83 bits per heavy atom. The first-order valence-corrected chi connectivity index (χ1v) is 8.38. The fourth-order valence-electron chi connectivity index (χ4n) is 2.18. The molecule has 2 N–H and O–H groups in total. The van der Waals surface area contributed by atoms with Gasteiger partial charge in [-0.1, -0.05) is 12.2 Å². The Bertz CT molecular complexity index is 867. The van der Waals surface area contributed by atoms with Crippen LogP contribution in [0.5, 0.6) is 11.5 Å². The van der Waals surface area contributed by atoms with Crippen molar-refractivity contribution in [3.05, 3.63) is 39.4 Å². The summed E-state index contributed by atoms with van der Waals surface area (Å²) in [4.78, 5) is 8.32. The van der Waals surface area contributed by atoms with Crippen molar-refractivity contribution in [3.8, 4) is 11.5 Å². The van der Waals surface area contributed by atoms with E-state index in [-0.39, 0.29) is 0 Å². The number of benzene rings is 1. The van der Waals surface area contributed by atoms with E-state index in [4.69, 9.17) is 15.2 Å². The van der Waals surface area contributed by atoms with Crippen molar-refractivity contribution in [2.45, 2.75) is 0 Å². The van der Waals surface area contributed by atoms with Crippen molar-refractivity contribution in [3.63, 3.8) is 0 Å². The molecule has 2 aromatic heterocycles. The maximum Gasteiger partial charge on any atom is 0.144 e. The molecule has 3 aromatic rings. The summed E-state index contributed by atoms with van der Waals surface area (Å²) in [6, 6.07) is 3.86. The molecule has 0 fully saturated rings. The summed E-state index contributed by atoms with van der Waals surface area (Å²) in [5.74, 6) is 1.93. The van der Waals surface area contributed by atoms with Crippen LogP contribution in [0.2, 0.25) is 0 Å². The van der Waals surface area contributed by atoms with E-state index in [1.807, 2.05) is 29.7 Å². The number of ether oxygens (including phenoxy) is 2. The standard InChI is InChI=1S/C16H14BrN3O2S/c1-21-11-5-9(6-12(22-2)13(11)17)3-4-10-7-23-15-14(10)19-8-20-16(15)18/h3-8H,1-2H3,(H2,18,19,20). The van der Waals surface area contributed by atoms with E-state index in [0.717, 1.165) is 25.8 Å². The summed E-state index contributed by atoms with van der Waals surface area (Å²) >= 11 is 5.00. The average Bonchev–Trinajstić information content (AvgIpc) is 2.98. The lowest BCUT2D eigenvalue weighted by Gasteiger charge is -2.09. The second kappa shape index (κ2) is 6.55. The fourth-order valence-corrected chi connectivity index (χ4v) is 3.62. The minimum Gasteiger partial charge on any atom is -0.495 e. The fraction of sp³-hybridized carbons (Fsp3) is 0.125. The van der Waals surface area contributed by atoms with Gasteiger partial charge in [0.2, 0.25) is 0 Å². The largest absolute Gasteiger partial charge is 0.495 e. The van der Waals surface area contributed by atoms with Crippen LogP contribution in [0, 0.1) is 0 Å². The third-order valence-corrected chi connectivity index (χ3v) is 5.12. The van der Waals surface area contributed by atoms with Crippen LogP contribution in [0.1, 0.15) is 11.1 Å². The molecule has 0 saturated heterocycles.